The average molecular weight is 757 g/mol. The Bertz CT molecular complexity index is 3470. The SMILES string of the molecule is Bc1c(B)c(B)c2c(-c3cccc4oc5c6ccccc6ccc5c34)c3c(B)c(B)c(B)c(B)c3c(-c3ccc(-c4cccc5c4C(C)(C)c4ccccc4-5)cc3)c2c1B. The maximum absolute atomic E-state index is 6.85. The second kappa shape index (κ2) is 13.0. The first-order valence-electron chi connectivity index (χ1n) is 21.5. The molecule has 0 N–H and O–H groups in total. The van der Waals surface area contributed by atoms with Crippen molar-refractivity contribution in [1.82, 2.24) is 0 Å². The zero-order chi connectivity index (χ0) is 41.5. The maximum atomic E-state index is 6.85. The van der Waals surface area contributed by atoms with Crippen LogP contribution in [0.15, 0.2) is 126 Å². The normalized spacial score (nSPS) is 13.2. The predicted octanol–water partition coefficient (Wildman–Crippen LogP) is 0.420. The van der Waals surface area contributed by atoms with Gasteiger partial charge in [0.2, 0.25) is 0 Å². The first kappa shape index (κ1) is 37.1. The molecule has 9 heteroatoms. The van der Waals surface area contributed by atoms with Crippen LogP contribution in [0.25, 0.3) is 98.8 Å². The lowest BCUT2D eigenvalue weighted by molar-refractivity contribution is 0.662. The standard InChI is InChI=1S/C51H42B8O/c1-51(2)32-15-6-5-11-28(32)29-13-7-12-26(41(29)51)24-17-19-25(20-18-24)34-37-39(44(54)48(58)46(56)42(37)52)36(40-38(34)43(53)47(57)49(59)45(40)55)30-14-8-16-33-35(30)31-22-21-23-9-3-4-10-27(23)50(31)60-33/h3-22H,52-59H2,1-2H3. The van der Waals surface area contributed by atoms with Gasteiger partial charge in [-0.2, -0.15) is 0 Å². The summed E-state index contributed by atoms with van der Waals surface area (Å²) in [5, 5.41) is 10.1. The van der Waals surface area contributed by atoms with E-state index in [1.165, 1.54) is 132 Å². The number of hydrogen-bond acceptors (Lipinski definition) is 1. The topological polar surface area (TPSA) is 13.1 Å². The van der Waals surface area contributed by atoms with E-state index in [0.717, 1.165) is 21.9 Å². The molecule has 1 aliphatic carbocycles. The van der Waals surface area contributed by atoms with Crippen molar-refractivity contribution in [1.29, 1.82) is 0 Å². The fourth-order valence-electron chi connectivity index (χ4n) is 11.3. The van der Waals surface area contributed by atoms with Crippen LogP contribution in [0.3, 0.4) is 0 Å². The molecule has 0 bridgehead atoms. The Hall–Kier alpha value is -5.92. The van der Waals surface area contributed by atoms with Crippen LogP contribution in [-0.4, -0.2) is 62.8 Å². The number of benzene rings is 9. The summed E-state index contributed by atoms with van der Waals surface area (Å²) in [5.41, 5.74) is 25.9. The van der Waals surface area contributed by atoms with Gasteiger partial charge in [0.05, 0.1) is 0 Å². The van der Waals surface area contributed by atoms with Crippen molar-refractivity contribution in [3.05, 3.63) is 132 Å². The van der Waals surface area contributed by atoms with E-state index in [1.807, 2.05) is 0 Å². The zero-order valence-electron chi connectivity index (χ0n) is 36.5. The molecule has 276 valence electrons. The van der Waals surface area contributed by atoms with Gasteiger partial charge in [-0.05, 0) is 94.7 Å². The predicted molar refractivity (Wildman–Crippen MR) is 286 cm³/mol. The fraction of sp³-hybridized carbons (Fsp3) is 0.0588. The molecule has 11 rings (SSSR count). The van der Waals surface area contributed by atoms with Gasteiger partial charge in [0.1, 0.15) is 73.9 Å². The highest BCUT2D eigenvalue weighted by molar-refractivity contribution is 6.71. The highest BCUT2D eigenvalue weighted by atomic mass is 16.3. The summed E-state index contributed by atoms with van der Waals surface area (Å²) in [6.45, 7) is 4.77. The summed E-state index contributed by atoms with van der Waals surface area (Å²) in [4.78, 5) is 0. The first-order valence-corrected chi connectivity index (χ1v) is 21.5. The van der Waals surface area contributed by atoms with Crippen LogP contribution in [0.1, 0.15) is 25.0 Å². The Morgan fingerprint density at radius 1 is 0.383 bits per heavy atom. The highest BCUT2D eigenvalue weighted by Crippen LogP contribution is 2.52. The largest absolute Gasteiger partial charge is 0.455 e. The molecule has 0 saturated heterocycles. The molecule has 0 unspecified atom stereocenters. The molecule has 0 aliphatic heterocycles. The van der Waals surface area contributed by atoms with Crippen molar-refractivity contribution in [2.75, 3.05) is 0 Å². The minimum atomic E-state index is -0.0895. The molecule has 0 saturated carbocycles. The van der Waals surface area contributed by atoms with Gasteiger partial charge in [-0.1, -0.05) is 145 Å². The second-order valence-corrected chi connectivity index (χ2v) is 18.2. The van der Waals surface area contributed by atoms with Crippen molar-refractivity contribution >= 4 is 161 Å². The molecule has 0 amide bonds. The van der Waals surface area contributed by atoms with Gasteiger partial charge in [-0.3, -0.25) is 0 Å². The third-order valence-corrected chi connectivity index (χ3v) is 15.1. The lowest BCUT2D eigenvalue weighted by Crippen LogP contribution is -2.50. The summed E-state index contributed by atoms with van der Waals surface area (Å²) in [6.07, 6.45) is 0. The van der Waals surface area contributed by atoms with Crippen LogP contribution in [0, 0.1) is 0 Å². The van der Waals surface area contributed by atoms with E-state index in [-0.39, 0.29) is 5.41 Å². The Labute approximate surface area is 359 Å². The van der Waals surface area contributed by atoms with E-state index < -0.39 is 0 Å². The fourth-order valence-corrected chi connectivity index (χ4v) is 11.3. The third kappa shape index (κ3) is 4.87. The highest BCUT2D eigenvalue weighted by Gasteiger charge is 2.37. The molecular weight excluding hydrogens is 715 g/mol. The molecule has 0 radical (unpaired) electrons. The lowest BCUT2D eigenvalue weighted by Gasteiger charge is -2.28. The molecule has 1 heterocycles. The molecule has 1 aromatic heterocycles. The van der Waals surface area contributed by atoms with Crippen LogP contribution >= 0.6 is 0 Å². The van der Waals surface area contributed by atoms with Crippen molar-refractivity contribution < 1.29 is 4.42 Å². The van der Waals surface area contributed by atoms with E-state index in [9.17, 15) is 0 Å². The average Bonchev–Trinajstić information content (AvgIpc) is 3.78. The van der Waals surface area contributed by atoms with Gasteiger partial charge in [-0.15, -0.1) is 21.9 Å². The molecule has 1 nitrogen and oxygen atoms in total. The van der Waals surface area contributed by atoms with Crippen LogP contribution in [0.2, 0.25) is 0 Å². The Morgan fingerprint density at radius 2 is 0.900 bits per heavy atom. The Kier molecular flexibility index (Phi) is 8.06. The van der Waals surface area contributed by atoms with Crippen molar-refractivity contribution in [3.8, 4) is 44.5 Å². The third-order valence-electron chi connectivity index (χ3n) is 15.1. The molecular formula is C51H42B8O. The van der Waals surface area contributed by atoms with Crippen LogP contribution < -0.4 is 43.7 Å². The summed E-state index contributed by atoms with van der Waals surface area (Å²) in [7, 11) is 18.7. The van der Waals surface area contributed by atoms with E-state index >= 15 is 0 Å². The van der Waals surface area contributed by atoms with Gasteiger partial charge in [0, 0.05) is 21.6 Å². The van der Waals surface area contributed by atoms with Crippen LogP contribution in [0.5, 0.6) is 0 Å². The molecule has 1 aliphatic rings. The van der Waals surface area contributed by atoms with Crippen LogP contribution in [0.4, 0.5) is 0 Å². The number of rotatable bonds is 3. The maximum Gasteiger partial charge on any atom is 0.143 e. The monoisotopic (exact) mass is 758 g/mol. The molecule has 10 aromatic rings. The van der Waals surface area contributed by atoms with Crippen molar-refractivity contribution in [2.24, 2.45) is 0 Å². The van der Waals surface area contributed by atoms with Crippen LogP contribution in [-0.2, 0) is 5.41 Å². The second-order valence-electron chi connectivity index (χ2n) is 18.2. The number of hydrogen-bond donors (Lipinski definition) is 0. The van der Waals surface area contributed by atoms with E-state index in [2.05, 4.69) is 198 Å². The zero-order valence-corrected chi connectivity index (χ0v) is 36.5. The smallest absolute Gasteiger partial charge is 0.143 e. The molecule has 0 fully saturated rings. The van der Waals surface area contributed by atoms with Crippen molar-refractivity contribution in [2.45, 2.75) is 19.3 Å². The van der Waals surface area contributed by atoms with Crippen molar-refractivity contribution in [3.63, 3.8) is 0 Å². The summed E-state index contributed by atoms with van der Waals surface area (Å²) in [5.74, 6) is 0. The van der Waals surface area contributed by atoms with E-state index in [1.54, 1.807) is 0 Å². The van der Waals surface area contributed by atoms with Gasteiger partial charge >= 0.3 is 0 Å². The molecule has 0 atom stereocenters. The van der Waals surface area contributed by atoms with Gasteiger partial charge in [-0.25, -0.2) is 0 Å². The minimum Gasteiger partial charge on any atom is -0.455 e. The summed E-state index contributed by atoms with van der Waals surface area (Å²) in [6, 6.07) is 45.2. The molecule has 9 aromatic carbocycles. The summed E-state index contributed by atoms with van der Waals surface area (Å²) < 4.78 is 6.85. The quantitative estimate of drug-likeness (QED) is 0.189. The van der Waals surface area contributed by atoms with Gasteiger partial charge in [0.25, 0.3) is 0 Å². The Morgan fingerprint density at radius 3 is 1.57 bits per heavy atom. The van der Waals surface area contributed by atoms with Gasteiger partial charge in [0.15, 0.2) is 0 Å². The first-order chi connectivity index (χ1) is 28.9. The number of fused-ring (bicyclic) bond motifs is 10. The molecule has 60 heavy (non-hydrogen) atoms. The Balaban J connectivity index is 1.25. The lowest BCUT2D eigenvalue weighted by atomic mass is 9.59. The molecule has 0 spiro atoms. The van der Waals surface area contributed by atoms with E-state index in [0.29, 0.717) is 0 Å². The minimum absolute atomic E-state index is 0.0895. The van der Waals surface area contributed by atoms with Gasteiger partial charge < -0.3 is 4.42 Å². The van der Waals surface area contributed by atoms with E-state index in [4.69, 9.17) is 4.42 Å². The summed E-state index contributed by atoms with van der Waals surface area (Å²) >= 11 is 0. The number of furan rings is 1.